The van der Waals surface area contributed by atoms with Crippen molar-refractivity contribution in [3.63, 3.8) is 0 Å². The normalized spacial score (nSPS) is 32.7. The quantitative estimate of drug-likeness (QED) is 0.0401. The molecule has 16 atom stereocenters. The van der Waals surface area contributed by atoms with E-state index in [0.29, 0.717) is 0 Å². The van der Waals surface area contributed by atoms with Gasteiger partial charge in [0.05, 0.1) is 26.9 Å². The molecule has 0 spiro atoms. The molecule has 7 rings (SSSR count). The van der Waals surface area contributed by atoms with Gasteiger partial charge >= 0.3 is 48.7 Å². The molecule has 0 aromatic carbocycles. The molecule has 0 aliphatic carbocycles. The smallest absolute Gasteiger partial charge is 0.387 e. The number of allylic oxidation sites excluding steroid dienone is 1. The average Bonchev–Trinajstić information content (AvgIpc) is 3.94. The minimum absolute atomic E-state index is 0.0275. The Bertz CT molecular complexity index is 2850. The van der Waals surface area contributed by atoms with Crippen molar-refractivity contribution in [2.24, 2.45) is 7.05 Å². The summed E-state index contributed by atoms with van der Waals surface area (Å²) in [5, 5.41) is 44.9. The van der Waals surface area contributed by atoms with Crippen molar-refractivity contribution in [2.45, 2.75) is 73.6 Å². The number of fused-ring (bicyclic) bond motifs is 1. The van der Waals surface area contributed by atoms with Crippen LogP contribution in [-0.2, 0) is 71.0 Å². The molecule has 4 aliphatic heterocycles. The first-order chi connectivity index (χ1) is 32.6. The van der Waals surface area contributed by atoms with Crippen molar-refractivity contribution in [1.29, 1.82) is 0 Å². The van der Waals surface area contributed by atoms with Crippen LogP contribution in [0.4, 0.5) is 16.6 Å². The Morgan fingerprint density at radius 3 is 2.00 bits per heavy atom. The number of H-pyrrole nitrogens is 1. The van der Waals surface area contributed by atoms with Crippen molar-refractivity contribution in [3.05, 3.63) is 64.0 Å². The summed E-state index contributed by atoms with van der Waals surface area (Å²) < 4.78 is 105. The van der Waals surface area contributed by atoms with E-state index >= 15 is 0 Å². The van der Waals surface area contributed by atoms with Crippen molar-refractivity contribution in [3.8, 4) is 0 Å². The van der Waals surface area contributed by atoms with E-state index in [2.05, 4.69) is 40.0 Å². The van der Waals surface area contributed by atoms with Gasteiger partial charge in [-0.25, -0.2) is 32.4 Å². The molecule has 0 bridgehead atoms. The molecule has 0 saturated carbocycles. The molecule has 3 saturated heterocycles. The fourth-order valence-corrected chi connectivity index (χ4v) is 11.9. The van der Waals surface area contributed by atoms with Gasteiger partial charge in [0.15, 0.2) is 18.8 Å². The summed E-state index contributed by atoms with van der Waals surface area (Å²) in [6.07, 6.45) is -15.9. The van der Waals surface area contributed by atoms with Crippen molar-refractivity contribution in [1.82, 2.24) is 34.3 Å². The molecular weight excluding hydrogens is 1040 g/mol. The van der Waals surface area contributed by atoms with E-state index < -0.39 is 142 Å². The number of nitrogen functional groups attached to an aromatic ring is 2. The molecular formula is C31H45N10O25P4+. The molecule has 7 heterocycles. The van der Waals surface area contributed by atoms with Gasteiger partial charge in [-0.15, -0.1) is 0 Å². The number of imidazole rings is 1. The van der Waals surface area contributed by atoms with Crippen LogP contribution in [0.3, 0.4) is 0 Å². The van der Waals surface area contributed by atoms with E-state index in [9.17, 15) is 72.6 Å². The van der Waals surface area contributed by atoms with E-state index in [0.717, 1.165) is 33.4 Å². The number of phosphoric acid groups is 4. The third-order valence-electron chi connectivity index (χ3n) is 10.5. The van der Waals surface area contributed by atoms with Crippen molar-refractivity contribution < 1.29 is 113 Å². The van der Waals surface area contributed by atoms with E-state index in [1.165, 1.54) is 30.2 Å². The van der Waals surface area contributed by atoms with Gasteiger partial charge in [-0.1, -0.05) is 11.6 Å². The number of rotatable bonds is 19. The number of methoxy groups -OCH3 is 1. The standard InChI is InChI=1S/C31H44N10O25P4/c1-12-4-6-39(30(47)34-12)26-20(44)18(42)13(61-26)8-58-67(49,50)64-22-15(63-28(23(22)57-3)40-7-5-16(32)35-31(40)48)10-60-69(53,54)66-70(55,56)65-68(51,52)59-9-14-19(43)21(45)27(62-14)41-11-38(2)17-24(41)36-29(33)37-25(17)46/h4-7,11,13-15,18-23,26-28,42-45H,1,8-10H2,2-3H3,(H9-,32,33,34,35,36,37,46,47,48,49,50,51,52,53,54,55,56)/p+1. The number of aromatic amines is 1. The number of aromatic nitrogens is 6. The van der Waals surface area contributed by atoms with Crippen molar-refractivity contribution >= 4 is 60.3 Å². The third kappa shape index (κ3) is 11.7. The maximum Gasteiger partial charge on any atom is 0.490 e. The molecule has 14 N–H and O–H groups in total. The van der Waals surface area contributed by atoms with Crippen LogP contribution >= 0.6 is 31.3 Å². The van der Waals surface area contributed by atoms with Crippen LogP contribution in [0.1, 0.15) is 12.5 Å². The van der Waals surface area contributed by atoms with Gasteiger partial charge in [-0.2, -0.15) is 13.6 Å². The number of amides is 2. The lowest BCUT2D eigenvalue weighted by Crippen LogP contribution is -2.49. The monoisotopic (exact) mass is 1080 g/mol. The summed E-state index contributed by atoms with van der Waals surface area (Å²) in [4.78, 5) is 90.2. The van der Waals surface area contributed by atoms with Crippen LogP contribution in [0.5, 0.6) is 0 Å². The maximum atomic E-state index is 13.4. The number of urea groups is 1. The van der Waals surface area contributed by atoms with Gasteiger partial charge in [-0.05, 0) is 12.1 Å². The molecule has 4 aliphatic rings. The zero-order chi connectivity index (χ0) is 51.4. The van der Waals surface area contributed by atoms with E-state index in [4.69, 9.17) is 44.0 Å². The Balaban J connectivity index is 0.993. The van der Waals surface area contributed by atoms with Crippen LogP contribution in [0.15, 0.2) is 52.7 Å². The predicted molar refractivity (Wildman–Crippen MR) is 223 cm³/mol. The highest BCUT2D eigenvalue weighted by Crippen LogP contribution is 2.68. The Kier molecular flexibility index (Phi) is 15.6. The van der Waals surface area contributed by atoms with Crippen molar-refractivity contribution in [2.75, 3.05) is 38.4 Å². The number of aliphatic hydroxyl groups is 4. The Morgan fingerprint density at radius 2 is 1.39 bits per heavy atom. The third-order valence-corrected chi connectivity index (χ3v) is 15.7. The van der Waals surface area contributed by atoms with Gasteiger partial charge in [-0.3, -0.25) is 41.9 Å². The van der Waals surface area contributed by atoms with Crippen LogP contribution in [0.2, 0.25) is 0 Å². The molecule has 3 aromatic rings. The minimum Gasteiger partial charge on any atom is -0.387 e. The van der Waals surface area contributed by atoms with Crippen LogP contribution < -0.4 is 32.6 Å². The second kappa shape index (κ2) is 20.4. The molecule has 16 unspecified atom stereocenters. The summed E-state index contributed by atoms with van der Waals surface area (Å²) in [6.45, 7) is 0.0868. The van der Waals surface area contributed by atoms with Crippen LogP contribution in [-0.4, -0.2) is 163 Å². The zero-order valence-corrected chi connectivity index (χ0v) is 39.4. The van der Waals surface area contributed by atoms with E-state index in [-0.39, 0.29) is 28.6 Å². The molecule has 3 aromatic heterocycles. The molecule has 70 heavy (non-hydrogen) atoms. The lowest BCUT2D eigenvalue weighted by Gasteiger charge is -2.30. The van der Waals surface area contributed by atoms with Crippen LogP contribution in [0, 0.1) is 0 Å². The first-order valence-corrected chi connectivity index (χ1v) is 25.7. The number of aliphatic hydroxyl groups excluding tert-OH is 4. The number of carbonyl (C=O) groups excluding carboxylic acids is 1. The lowest BCUT2D eigenvalue weighted by atomic mass is 10.1. The average molecular weight is 1080 g/mol. The molecule has 0 radical (unpaired) electrons. The molecule has 39 heteroatoms. The first-order valence-electron chi connectivity index (χ1n) is 19.7. The fraction of sp³-hybridized carbons (Fsp3) is 0.548. The number of nitrogens with one attached hydrogen (secondary N) is 2. The fourth-order valence-electron chi connectivity index (χ4n) is 7.40. The number of hydrogen-bond acceptors (Lipinski definition) is 25. The molecule has 35 nitrogen and oxygen atoms in total. The molecule has 3 fully saturated rings. The van der Waals surface area contributed by atoms with Gasteiger partial charge in [0, 0.05) is 25.2 Å². The number of ether oxygens (including phenoxy) is 4. The number of phosphoric ester groups is 3. The van der Waals surface area contributed by atoms with Gasteiger partial charge in [0.25, 0.3) is 11.5 Å². The number of anilines is 2. The summed E-state index contributed by atoms with van der Waals surface area (Å²) in [5.74, 6) is -0.561. The largest absolute Gasteiger partial charge is 0.490 e. The summed E-state index contributed by atoms with van der Waals surface area (Å²) >= 11 is 0. The molecule has 388 valence electrons. The highest BCUT2D eigenvalue weighted by atomic mass is 31.3. The topological polar surface area (TPSA) is 496 Å². The zero-order valence-electron chi connectivity index (χ0n) is 35.8. The Labute approximate surface area is 390 Å². The number of hydrogen-bond donors (Lipinski definition) is 12. The Morgan fingerprint density at radius 1 is 0.800 bits per heavy atom. The minimum atomic E-state index is -6.20. The number of carbonyl (C=O) groups is 1. The molecule has 2 amide bonds. The number of nitrogens with two attached hydrogens (primary N) is 2. The first kappa shape index (κ1) is 53.6. The predicted octanol–water partition coefficient (Wildman–Crippen LogP) is -4.13. The van der Waals surface area contributed by atoms with Gasteiger partial charge < -0.3 is 75.7 Å². The SMILES string of the molecule is C=C1C=CN(C2OC(COP(=O)(O)OC3C(COP(=O)(O)OP(=O)(O)OP(=O)(O)OCC4OC([n+]5cn(C)c6c(=O)[nH]c(N)nc65)C(O)C4O)OC(n4ccc(N)nc4=O)C3OC)C(O)C2O)C(=O)N1. The van der Waals surface area contributed by atoms with Gasteiger partial charge in [0.1, 0.15) is 60.8 Å². The summed E-state index contributed by atoms with van der Waals surface area (Å²) in [5.41, 5.74) is 9.54. The maximum absolute atomic E-state index is 13.4. The van der Waals surface area contributed by atoms with Gasteiger partial charge in [0.2, 0.25) is 11.7 Å². The Hall–Kier alpha value is -4.22. The lowest BCUT2D eigenvalue weighted by molar-refractivity contribution is -0.745. The number of aryl methyl sites for hydroxylation is 1. The van der Waals surface area contributed by atoms with E-state index in [1.807, 2.05) is 0 Å². The highest BCUT2D eigenvalue weighted by Gasteiger charge is 2.54. The summed E-state index contributed by atoms with van der Waals surface area (Å²) in [7, 11) is -21.0. The van der Waals surface area contributed by atoms with E-state index in [1.54, 1.807) is 0 Å². The second-order valence-corrected chi connectivity index (χ2v) is 21.4. The second-order valence-electron chi connectivity index (χ2n) is 15.3. The number of nitrogens with zero attached hydrogens (tertiary/aromatic N) is 6. The van der Waals surface area contributed by atoms with Crippen LogP contribution in [0.25, 0.3) is 11.2 Å². The highest BCUT2D eigenvalue weighted by molar-refractivity contribution is 7.66. The summed E-state index contributed by atoms with van der Waals surface area (Å²) in [6, 6.07) is 0.339.